The first kappa shape index (κ1) is 9.52. The van der Waals surface area contributed by atoms with E-state index in [1.54, 1.807) is 0 Å². The quantitative estimate of drug-likeness (QED) is 0.321. The molecule has 2 aromatic carbocycles. The highest BCUT2D eigenvalue weighted by Gasteiger charge is 2.06. The first-order chi connectivity index (χ1) is 7.24. The molecule has 2 rings (SSSR count). The van der Waals surface area contributed by atoms with Gasteiger partial charge in [0.15, 0.2) is 5.84 Å². The number of nitrogens with zero attached hydrogens (tertiary/aromatic N) is 1. The molecule has 0 saturated carbocycles. The molecule has 0 saturated heterocycles. The molecule has 76 valence electrons. The van der Waals surface area contributed by atoms with Crippen LogP contribution in [0.5, 0.6) is 0 Å². The van der Waals surface area contributed by atoms with Crippen LogP contribution in [-0.4, -0.2) is 11.0 Å². The average molecular weight is 200 g/mol. The van der Waals surface area contributed by atoms with Crippen LogP contribution < -0.4 is 5.73 Å². The van der Waals surface area contributed by atoms with Crippen LogP contribution in [0, 0.1) is 6.92 Å². The Hall–Kier alpha value is -2.03. The average Bonchev–Trinajstić information content (AvgIpc) is 2.29. The minimum Gasteiger partial charge on any atom is -0.409 e. The molecule has 3 heteroatoms. The molecule has 15 heavy (non-hydrogen) atoms. The molecule has 0 atom stereocenters. The Kier molecular flexibility index (Phi) is 2.29. The minimum atomic E-state index is 0.145. The van der Waals surface area contributed by atoms with Crippen LogP contribution in [0.3, 0.4) is 0 Å². The predicted molar refractivity (Wildman–Crippen MR) is 61.2 cm³/mol. The minimum absolute atomic E-state index is 0.145. The summed E-state index contributed by atoms with van der Waals surface area (Å²) in [5.74, 6) is 0.145. The van der Waals surface area contributed by atoms with Crippen molar-refractivity contribution >= 4 is 16.6 Å². The fourth-order valence-corrected chi connectivity index (χ4v) is 1.73. The maximum absolute atomic E-state index is 8.68. The SMILES string of the molecule is Cc1ccc(C(N)=NO)c2ccccc12. The monoisotopic (exact) mass is 200 g/mol. The van der Waals surface area contributed by atoms with E-state index in [-0.39, 0.29) is 5.84 Å². The lowest BCUT2D eigenvalue weighted by Crippen LogP contribution is -2.13. The van der Waals surface area contributed by atoms with Crippen LogP contribution in [-0.2, 0) is 0 Å². The highest BCUT2D eigenvalue weighted by atomic mass is 16.4. The summed E-state index contributed by atoms with van der Waals surface area (Å²) in [7, 11) is 0. The van der Waals surface area contributed by atoms with Gasteiger partial charge in [-0.3, -0.25) is 0 Å². The van der Waals surface area contributed by atoms with Gasteiger partial charge in [0, 0.05) is 5.56 Å². The lowest BCUT2D eigenvalue weighted by atomic mass is 10.00. The van der Waals surface area contributed by atoms with Crippen molar-refractivity contribution in [3.8, 4) is 0 Å². The fraction of sp³-hybridized carbons (Fsp3) is 0.0833. The molecule has 0 aliphatic carbocycles. The van der Waals surface area contributed by atoms with E-state index in [1.165, 1.54) is 5.56 Å². The van der Waals surface area contributed by atoms with Gasteiger partial charge in [-0.2, -0.15) is 0 Å². The summed E-state index contributed by atoms with van der Waals surface area (Å²) in [4.78, 5) is 0. The van der Waals surface area contributed by atoms with E-state index in [4.69, 9.17) is 10.9 Å². The van der Waals surface area contributed by atoms with Crippen molar-refractivity contribution in [2.45, 2.75) is 6.92 Å². The summed E-state index contributed by atoms with van der Waals surface area (Å²) < 4.78 is 0. The molecule has 0 aromatic heterocycles. The van der Waals surface area contributed by atoms with E-state index in [2.05, 4.69) is 5.16 Å². The summed E-state index contributed by atoms with van der Waals surface area (Å²) in [5, 5.41) is 13.8. The Bertz CT molecular complexity index is 532. The largest absolute Gasteiger partial charge is 0.409 e. The van der Waals surface area contributed by atoms with E-state index in [9.17, 15) is 0 Å². The van der Waals surface area contributed by atoms with Gasteiger partial charge in [-0.25, -0.2) is 0 Å². The number of amidine groups is 1. The Morgan fingerprint density at radius 1 is 1.13 bits per heavy atom. The van der Waals surface area contributed by atoms with Crippen molar-refractivity contribution in [3.63, 3.8) is 0 Å². The molecule has 0 amide bonds. The van der Waals surface area contributed by atoms with E-state index < -0.39 is 0 Å². The predicted octanol–water partition coefficient (Wildman–Crippen LogP) is 2.24. The maximum Gasteiger partial charge on any atom is 0.170 e. The standard InChI is InChI=1S/C12H12N2O/c1-8-6-7-11(12(13)14-15)10-5-3-2-4-9(8)10/h2-7,15H,1H3,(H2,13,14). The maximum atomic E-state index is 8.68. The van der Waals surface area contributed by atoms with Crippen molar-refractivity contribution < 1.29 is 5.21 Å². The molecule has 3 nitrogen and oxygen atoms in total. The Labute approximate surface area is 87.8 Å². The van der Waals surface area contributed by atoms with Gasteiger partial charge in [-0.1, -0.05) is 41.6 Å². The molecule has 0 bridgehead atoms. The van der Waals surface area contributed by atoms with Crippen LogP contribution in [0.15, 0.2) is 41.6 Å². The first-order valence-electron chi connectivity index (χ1n) is 4.70. The van der Waals surface area contributed by atoms with Crippen molar-refractivity contribution in [2.24, 2.45) is 10.9 Å². The number of aryl methyl sites for hydroxylation is 1. The second-order valence-electron chi connectivity index (χ2n) is 3.46. The van der Waals surface area contributed by atoms with Crippen LogP contribution in [0.1, 0.15) is 11.1 Å². The second-order valence-corrected chi connectivity index (χ2v) is 3.46. The van der Waals surface area contributed by atoms with Gasteiger partial charge in [-0.05, 0) is 23.3 Å². The third-order valence-corrected chi connectivity index (χ3v) is 2.53. The zero-order valence-corrected chi connectivity index (χ0v) is 8.44. The summed E-state index contributed by atoms with van der Waals surface area (Å²) in [6.45, 7) is 2.04. The number of benzene rings is 2. The molecule has 0 aliphatic heterocycles. The van der Waals surface area contributed by atoms with Gasteiger partial charge < -0.3 is 10.9 Å². The third kappa shape index (κ3) is 1.52. The lowest BCUT2D eigenvalue weighted by Gasteiger charge is -2.07. The van der Waals surface area contributed by atoms with Gasteiger partial charge in [0.05, 0.1) is 0 Å². The smallest absolute Gasteiger partial charge is 0.170 e. The molecular weight excluding hydrogens is 188 g/mol. The van der Waals surface area contributed by atoms with Gasteiger partial charge in [-0.15, -0.1) is 0 Å². The van der Waals surface area contributed by atoms with Crippen LogP contribution in [0.2, 0.25) is 0 Å². The Morgan fingerprint density at radius 3 is 2.47 bits per heavy atom. The van der Waals surface area contributed by atoms with Crippen LogP contribution in [0.25, 0.3) is 10.8 Å². The van der Waals surface area contributed by atoms with E-state index in [1.807, 2.05) is 43.3 Å². The summed E-state index contributed by atoms with van der Waals surface area (Å²) in [6, 6.07) is 11.7. The Balaban J connectivity index is 2.83. The van der Waals surface area contributed by atoms with Crippen LogP contribution in [0.4, 0.5) is 0 Å². The normalized spacial score (nSPS) is 11.9. The van der Waals surface area contributed by atoms with Crippen LogP contribution >= 0.6 is 0 Å². The zero-order valence-electron chi connectivity index (χ0n) is 8.44. The molecule has 0 fully saturated rings. The summed E-state index contributed by atoms with van der Waals surface area (Å²) in [5.41, 5.74) is 7.55. The number of hydrogen-bond donors (Lipinski definition) is 2. The van der Waals surface area contributed by atoms with Gasteiger partial charge in [0.2, 0.25) is 0 Å². The molecule has 0 heterocycles. The molecule has 0 radical (unpaired) electrons. The summed E-state index contributed by atoms with van der Waals surface area (Å²) >= 11 is 0. The molecule has 3 N–H and O–H groups in total. The molecule has 0 spiro atoms. The van der Waals surface area contributed by atoms with E-state index in [0.29, 0.717) is 0 Å². The van der Waals surface area contributed by atoms with Gasteiger partial charge in [0.1, 0.15) is 0 Å². The van der Waals surface area contributed by atoms with Crippen molar-refractivity contribution in [3.05, 3.63) is 47.5 Å². The number of fused-ring (bicyclic) bond motifs is 1. The van der Waals surface area contributed by atoms with Crippen molar-refractivity contribution in [1.82, 2.24) is 0 Å². The first-order valence-corrected chi connectivity index (χ1v) is 4.70. The summed E-state index contributed by atoms with van der Waals surface area (Å²) in [6.07, 6.45) is 0. The molecule has 2 aromatic rings. The number of rotatable bonds is 1. The highest BCUT2D eigenvalue weighted by molar-refractivity contribution is 6.09. The third-order valence-electron chi connectivity index (χ3n) is 2.53. The Morgan fingerprint density at radius 2 is 1.80 bits per heavy atom. The number of oxime groups is 1. The topological polar surface area (TPSA) is 58.6 Å². The molecule has 0 aliphatic rings. The van der Waals surface area contributed by atoms with Crippen molar-refractivity contribution in [2.75, 3.05) is 0 Å². The number of hydrogen-bond acceptors (Lipinski definition) is 2. The van der Waals surface area contributed by atoms with E-state index in [0.717, 1.165) is 16.3 Å². The second kappa shape index (κ2) is 3.61. The molecular formula is C12H12N2O. The zero-order chi connectivity index (χ0) is 10.8. The van der Waals surface area contributed by atoms with Gasteiger partial charge >= 0.3 is 0 Å². The number of nitrogens with two attached hydrogens (primary N) is 1. The van der Waals surface area contributed by atoms with Crippen molar-refractivity contribution in [1.29, 1.82) is 0 Å². The van der Waals surface area contributed by atoms with Gasteiger partial charge in [0.25, 0.3) is 0 Å². The lowest BCUT2D eigenvalue weighted by molar-refractivity contribution is 0.318. The fourth-order valence-electron chi connectivity index (χ4n) is 1.73. The highest BCUT2D eigenvalue weighted by Crippen LogP contribution is 2.21. The van der Waals surface area contributed by atoms with E-state index >= 15 is 0 Å². The molecule has 0 unspecified atom stereocenters.